The van der Waals surface area contributed by atoms with Crippen LogP contribution in [0, 0.1) is 0 Å². The molecule has 3 rings (SSSR count). The third kappa shape index (κ3) is 3.06. The molecule has 136 valence electrons. The first-order valence-electron chi connectivity index (χ1n) is 8.34. The number of rotatable bonds is 6. The Balaban J connectivity index is 2.21. The van der Waals surface area contributed by atoms with Gasteiger partial charge in [-0.2, -0.15) is 0 Å². The zero-order chi connectivity index (χ0) is 18.7. The molecule has 0 saturated heterocycles. The minimum Gasteiger partial charge on any atom is -0.493 e. The number of ether oxygens (including phenoxy) is 3. The molecule has 1 atom stereocenters. The van der Waals surface area contributed by atoms with E-state index in [9.17, 15) is 4.79 Å². The molecule has 26 heavy (non-hydrogen) atoms. The van der Waals surface area contributed by atoms with E-state index in [0.29, 0.717) is 22.7 Å². The third-order valence-corrected chi connectivity index (χ3v) is 4.35. The van der Waals surface area contributed by atoms with Crippen molar-refractivity contribution >= 4 is 22.6 Å². The molecule has 3 aromatic rings. The summed E-state index contributed by atoms with van der Waals surface area (Å²) < 4.78 is 16.0. The fourth-order valence-corrected chi connectivity index (χ4v) is 3.14. The van der Waals surface area contributed by atoms with Crippen molar-refractivity contribution in [3.05, 3.63) is 53.7 Å². The predicted molar refractivity (Wildman–Crippen MR) is 101 cm³/mol. The lowest BCUT2D eigenvalue weighted by molar-refractivity contribution is -0.143. The van der Waals surface area contributed by atoms with Crippen LogP contribution in [0.2, 0.25) is 0 Å². The van der Waals surface area contributed by atoms with Crippen molar-refractivity contribution in [3.63, 3.8) is 0 Å². The highest BCUT2D eigenvalue weighted by Crippen LogP contribution is 2.40. The maximum atomic E-state index is 12.8. The maximum absolute atomic E-state index is 12.8. The van der Waals surface area contributed by atoms with Gasteiger partial charge in [0.15, 0.2) is 11.5 Å². The van der Waals surface area contributed by atoms with Gasteiger partial charge in [-0.15, -0.1) is 0 Å². The van der Waals surface area contributed by atoms with E-state index in [1.54, 1.807) is 33.3 Å². The summed E-state index contributed by atoms with van der Waals surface area (Å²) in [5, 5.41) is 0.944. The van der Waals surface area contributed by atoms with E-state index in [2.05, 4.69) is 4.98 Å². The van der Waals surface area contributed by atoms with Gasteiger partial charge in [0.1, 0.15) is 5.92 Å². The van der Waals surface area contributed by atoms with Gasteiger partial charge in [0, 0.05) is 28.9 Å². The molecular weight excluding hydrogens is 332 g/mol. The van der Waals surface area contributed by atoms with E-state index in [-0.39, 0.29) is 12.6 Å². The highest BCUT2D eigenvalue weighted by molar-refractivity contribution is 5.93. The minimum atomic E-state index is -0.675. The van der Waals surface area contributed by atoms with Crippen LogP contribution >= 0.6 is 0 Å². The summed E-state index contributed by atoms with van der Waals surface area (Å²) >= 11 is 0. The molecule has 2 aromatic carbocycles. The number of anilines is 1. The van der Waals surface area contributed by atoms with Crippen LogP contribution in [0.5, 0.6) is 11.5 Å². The SMILES string of the molecule is CCOC(=O)C(c1cc(OC)c(OC)cc1N)c1c[nH]c2ccccc12. The van der Waals surface area contributed by atoms with Crippen LogP contribution in [0.1, 0.15) is 24.0 Å². The van der Waals surface area contributed by atoms with Gasteiger partial charge < -0.3 is 24.9 Å². The lowest BCUT2D eigenvalue weighted by Crippen LogP contribution is -2.18. The molecule has 0 fully saturated rings. The fourth-order valence-electron chi connectivity index (χ4n) is 3.14. The summed E-state index contributed by atoms with van der Waals surface area (Å²) in [5.74, 6) is -0.0248. The number of hydrogen-bond donors (Lipinski definition) is 2. The largest absolute Gasteiger partial charge is 0.493 e. The molecule has 0 aliphatic carbocycles. The number of hydrogen-bond acceptors (Lipinski definition) is 5. The molecule has 3 N–H and O–H groups in total. The third-order valence-electron chi connectivity index (χ3n) is 4.35. The number of nitrogens with one attached hydrogen (secondary N) is 1. The van der Waals surface area contributed by atoms with Gasteiger partial charge in [0.25, 0.3) is 0 Å². The summed E-state index contributed by atoms with van der Waals surface area (Å²) in [5.41, 5.74) is 9.05. The molecule has 0 amide bonds. The highest BCUT2D eigenvalue weighted by Gasteiger charge is 2.29. The van der Waals surface area contributed by atoms with Crippen molar-refractivity contribution in [3.8, 4) is 11.5 Å². The van der Waals surface area contributed by atoms with Crippen molar-refractivity contribution in [2.45, 2.75) is 12.8 Å². The van der Waals surface area contributed by atoms with E-state index >= 15 is 0 Å². The fraction of sp³-hybridized carbons (Fsp3) is 0.250. The van der Waals surface area contributed by atoms with Crippen LogP contribution < -0.4 is 15.2 Å². The second-order valence-corrected chi connectivity index (χ2v) is 5.81. The standard InChI is InChI=1S/C20H22N2O4/c1-4-26-20(23)19(14-11-22-16-8-6-5-7-12(14)16)13-9-17(24-2)18(25-3)10-15(13)21/h5-11,19,22H,4,21H2,1-3H3. The van der Waals surface area contributed by atoms with E-state index in [4.69, 9.17) is 19.9 Å². The molecule has 0 radical (unpaired) electrons. The van der Waals surface area contributed by atoms with Crippen LogP contribution in [-0.2, 0) is 9.53 Å². The molecule has 6 heteroatoms. The number of aromatic amines is 1. The number of methoxy groups -OCH3 is 2. The number of para-hydroxylation sites is 1. The Morgan fingerprint density at radius 3 is 2.50 bits per heavy atom. The van der Waals surface area contributed by atoms with Gasteiger partial charge in [-0.05, 0) is 30.2 Å². The van der Waals surface area contributed by atoms with Gasteiger partial charge in [-0.3, -0.25) is 4.79 Å². The van der Waals surface area contributed by atoms with Gasteiger partial charge in [0.05, 0.1) is 20.8 Å². The van der Waals surface area contributed by atoms with Gasteiger partial charge in [0.2, 0.25) is 0 Å². The zero-order valence-electron chi connectivity index (χ0n) is 15.0. The molecule has 0 saturated carbocycles. The molecular formula is C20H22N2O4. The van der Waals surface area contributed by atoms with E-state index < -0.39 is 5.92 Å². The quantitative estimate of drug-likeness (QED) is 0.523. The van der Waals surface area contributed by atoms with Crippen molar-refractivity contribution in [1.82, 2.24) is 4.98 Å². The normalized spacial score (nSPS) is 12.0. The molecule has 1 heterocycles. The van der Waals surface area contributed by atoms with Gasteiger partial charge in [-0.25, -0.2) is 0 Å². The summed E-state index contributed by atoms with van der Waals surface area (Å²) in [6.45, 7) is 2.06. The Labute approximate surface area is 151 Å². The van der Waals surface area contributed by atoms with E-state index in [1.807, 2.05) is 30.5 Å². The first-order chi connectivity index (χ1) is 12.6. The zero-order valence-corrected chi connectivity index (χ0v) is 15.0. The molecule has 6 nitrogen and oxygen atoms in total. The monoisotopic (exact) mass is 354 g/mol. The number of nitrogens with two attached hydrogens (primary N) is 1. The van der Waals surface area contributed by atoms with Crippen LogP contribution in [0.3, 0.4) is 0 Å². The Hall–Kier alpha value is -3.15. The average molecular weight is 354 g/mol. The number of aromatic nitrogens is 1. The summed E-state index contributed by atoms with van der Waals surface area (Å²) in [6.07, 6.45) is 1.82. The molecule has 0 bridgehead atoms. The second-order valence-electron chi connectivity index (χ2n) is 5.81. The van der Waals surface area contributed by atoms with E-state index in [0.717, 1.165) is 16.5 Å². The molecule has 1 aromatic heterocycles. The number of fused-ring (bicyclic) bond motifs is 1. The van der Waals surface area contributed by atoms with Crippen LogP contribution in [-0.4, -0.2) is 31.8 Å². The van der Waals surface area contributed by atoms with Gasteiger partial charge in [-0.1, -0.05) is 18.2 Å². The van der Waals surface area contributed by atoms with Crippen molar-refractivity contribution in [2.24, 2.45) is 0 Å². The second kappa shape index (κ2) is 7.39. The predicted octanol–water partition coefficient (Wildman–Crippen LogP) is 3.46. The van der Waals surface area contributed by atoms with E-state index in [1.165, 1.54) is 0 Å². The maximum Gasteiger partial charge on any atom is 0.318 e. The molecule has 0 aliphatic heterocycles. The number of benzene rings is 2. The average Bonchev–Trinajstić information content (AvgIpc) is 3.07. The van der Waals surface area contributed by atoms with Crippen LogP contribution in [0.4, 0.5) is 5.69 Å². The van der Waals surface area contributed by atoms with Crippen molar-refractivity contribution in [2.75, 3.05) is 26.6 Å². The summed E-state index contributed by atoms with van der Waals surface area (Å²) in [7, 11) is 3.09. The first kappa shape index (κ1) is 17.7. The Morgan fingerprint density at radius 1 is 1.12 bits per heavy atom. The van der Waals surface area contributed by atoms with Crippen molar-refractivity contribution < 1.29 is 19.0 Å². The van der Waals surface area contributed by atoms with Gasteiger partial charge >= 0.3 is 5.97 Å². The lowest BCUT2D eigenvalue weighted by atomic mass is 9.89. The summed E-state index contributed by atoms with van der Waals surface area (Å²) in [4.78, 5) is 16.0. The number of esters is 1. The number of nitrogen functional groups attached to an aromatic ring is 1. The number of H-pyrrole nitrogens is 1. The summed E-state index contributed by atoms with van der Waals surface area (Å²) in [6, 6.07) is 11.2. The Bertz CT molecular complexity index is 933. The highest BCUT2D eigenvalue weighted by atomic mass is 16.5. The Morgan fingerprint density at radius 2 is 1.81 bits per heavy atom. The van der Waals surface area contributed by atoms with Crippen LogP contribution in [0.15, 0.2) is 42.6 Å². The minimum absolute atomic E-state index is 0.283. The number of carbonyl (C=O) groups excluding carboxylic acids is 1. The topological polar surface area (TPSA) is 86.6 Å². The van der Waals surface area contributed by atoms with Crippen molar-refractivity contribution in [1.29, 1.82) is 0 Å². The molecule has 0 aliphatic rings. The molecule has 0 spiro atoms. The lowest BCUT2D eigenvalue weighted by Gasteiger charge is -2.19. The smallest absolute Gasteiger partial charge is 0.318 e. The first-order valence-corrected chi connectivity index (χ1v) is 8.34. The van der Waals surface area contributed by atoms with Crippen LogP contribution in [0.25, 0.3) is 10.9 Å². The molecule has 1 unspecified atom stereocenters. The number of carbonyl (C=O) groups is 1. The Kier molecular flexibility index (Phi) is 5.02.